The summed E-state index contributed by atoms with van der Waals surface area (Å²) in [6.07, 6.45) is 0.107. The predicted molar refractivity (Wildman–Crippen MR) is 79.0 cm³/mol. The van der Waals surface area contributed by atoms with Gasteiger partial charge in [0.15, 0.2) is 5.13 Å². The molecule has 0 aromatic carbocycles. The van der Waals surface area contributed by atoms with Crippen molar-refractivity contribution >= 4 is 22.4 Å². The van der Waals surface area contributed by atoms with Gasteiger partial charge >= 0.3 is 0 Å². The van der Waals surface area contributed by atoms with Crippen molar-refractivity contribution in [1.82, 2.24) is 20.1 Å². The Kier molecular flexibility index (Phi) is 3.64. The quantitative estimate of drug-likeness (QED) is 0.762. The number of H-pyrrole nitrogens is 1. The zero-order valence-electron chi connectivity index (χ0n) is 11.6. The molecule has 2 aromatic heterocycles. The van der Waals surface area contributed by atoms with E-state index in [-0.39, 0.29) is 11.8 Å². The summed E-state index contributed by atoms with van der Waals surface area (Å²) in [4.78, 5) is 17.9. The molecule has 0 unspecified atom stereocenters. The third-order valence-electron chi connectivity index (χ3n) is 3.67. The highest BCUT2D eigenvalue weighted by Crippen LogP contribution is 2.23. The number of likely N-dealkylation sites (tertiary alicyclic amines) is 1. The lowest BCUT2D eigenvalue weighted by Gasteiger charge is -2.14. The summed E-state index contributed by atoms with van der Waals surface area (Å²) < 4.78 is 0. The molecule has 112 valence electrons. The summed E-state index contributed by atoms with van der Waals surface area (Å²) in [5.41, 5.74) is 7.79. The molecule has 3 rings (SSSR count). The van der Waals surface area contributed by atoms with Crippen LogP contribution in [0.2, 0.25) is 0 Å². The molecule has 1 fully saturated rings. The van der Waals surface area contributed by atoms with Crippen LogP contribution >= 0.6 is 11.3 Å². The summed E-state index contributed by atoms with van der Waals surface area (Å²) in [6, 6.07) is 1.96. The Morgan fingerprint density at radius 1 is 1.62 bits per heavy atom. The van der Waals surface area contributed by atoms with Crippen molar-refractivity contribution in [1.29, 1.82) is 0 Å². The second kappa shape index (κ2) is 5.45. The third-order valence-corrected chi connectivity index (χ3v) is 4.34. The van der Waals surface area contributed by atoms with E-state index in [1.54, 1.807) is 10.3 Å². The van der Waals surface area contributed by atoms with Crippen LogP contribution in [0.1, 0.15) is 21.9 Å². The maximum absolute atomic E-state index is 12.3. The number of nitrogens with zero attached hydrogens (tertiary/aromatic N) is 3. The fourth-order valence-electron chi connectivity index (χ4n) is 2.62. The maximum Gasteiger partial charge on any atom is 0.273 e. The number of aromatic amines is 1. The van der Waals surface area contributed by atoms with Gasteiger partial charge in [-0.15, -0.1) is 11.3 Å². The molecule has 0 spiro atoms. The number of aliphatic hydroxyl groups is 1. The molecule has 4 N–H and O–H groups in total. The van der Waals surface area contributed by atoms with Crippen LogP contribution in [-0.2, 0) is 6.42 Å². The second-order valence-electron chi connectivity index (χ2n) is 5.35. The number of anilines is 1. The Bertz CT molecular complexity index is 653. The smallest absolute Gasteiger partial charge is 0.273 e. The SMILES string of the molecule is Cc1cc(C[C@@H]2CN(C(=O)c3csc(N)n3)C[C@H]2O)n[nH]1. The number of aryl methyl sites for hydroxylation is 1. The van der Waals surface area contributed by atoms with Gasteiger partial charge in [-0.2, -0.15) is 5.10 Å². The number of aromatic nitrogens is 3. The maximum atomic E-state index is 12.3. The van der Waals surface area contributed by atoms with Gasteiger partial charge in [0.05, 0.1) is 11.8 Å². The number of aliphatic hydroxyl groups excluding tert-OH is 1. The van der Waals surface area contributed by atoms with Gasteiger partial charge in [0.25, 0.3) is 5.91 Å². The van der Waals surface area contributed by atoms with E-state index in [0.29, 0.717) is 30.3 Å². The first kappa shape index (κ1) is 14.0. The average molecular weight is 307 g/mol. The first-order valence-electron chi connectivity index (χ1n) is 6.72. The zero-order chi connectivity index (χ0) is 15.0. The Hall–Kier alpha value is -1.93. The molecule has 8 heteroatoms. The molecule has 2 atom stereocenters. The lowest BCUT2D eigenvalue weighted by atomic mass is 10.0. The molecule has 1 amide bonds. The van der Waals surface area contributed by atoms with Crippen LogP contribution < -0.4 is 5.73 Å². The van der Waals surface area contributed by atoms with E-state index >= 15 is 0 Å². The first-order valence-corrected chi connectivity index (χ1v) is 7.60. The van der Waals surface area contributed by atoms with Crippen molar-refractivity contribution in [3.63, 3.8) is 0 Å². The van der Waals surface area contributed by atoms with E-state index in [1.165, 1.54) is 11.3 Å². The molecule has 0 bridgehead atoms. The van der Waals surface area contributed by atoms with Crippen LogP contribution in [0.5, 0.6) is 0 Å². The van der Waals surface area contributed by atoms with E-state index in [4.69, 9.17) is 5.73 Å². The Morgan fingerprint density at radius 3 is 3.05 bits per heavy atom. The van der Waals surface area contributed by atoms with E-state index in [1.807, 2.05) is 13.0 Å². The van der Waals surface area contributed by atoms with Crippen molar-refractivity contribution in [2.45, 2.75) is 19.4 Å². The van der Waals surface area contributed by atoms with E-state index in [9.17, 15) is 9.90 Å². The van der Waals surface area contributed by atoms with Gasteiger partial charge in [-0.3, -0.25) is 9.89 Å². The molecular weight excluding hydrogens is 290 g/mol. The van der Waals surface area contributed by atoms with Gasteiger partial charge in [-0.05, 0) is 19.4 Å². The number of thiazole rings is 1. The van der Waals surface area contributed by atoms with E-state index in [2.05, 4.69) is 15.2 Å². The fraction of sp³-hybridized carbons (Fsp3) is 0.462. The summed E-state index contributed by atoms with van der Waals surface area (Å²) >= 11 is 1.24. The van der Waals surface area contributed by atoms with Gasteiger partial charge in [0.2, 0.25) is 0 Å². The molecular formula is C13H17N5O2S. The number of carbonyl (C=O) groups excluding carboxylic acids is 1. The monoisotopic (exact) mass is 307 g/mol. The van der Waals surface area contributed by atoms with E-state index < -0.39 is 6.10 Å². The highest BCUT2D eigenvalue weighted by molar-refractivity contribution is 7.13. The van der Waals surface area contributed by atoms with Crippen molar-refractivity contribution in [3.8, 4) is 0 Å². The molecule has 1 aliphatic rings. The topological polar surface area (TPSA) is 108 Å². The van der Waals surface area contributed by atoms with Crippen molar-refractivity contribution in [3.05, 3.63) is 28.5 Å². The zero-order valence-corrected chi connectivity index (χ0v) is 12.4. The summed E-state index contributed by atoms with van der Waals surface area (Å²) in [5, 5.41) is 19.2. The largest absolute Gasteiger partial charge is 0.391 e. The van der Waals surface area contributed by atoms with Crippen LogP contribution in [0.3, 0.4) is 0 Å². The van der Waals surface area contributed by atoms with Gasteiger partial charge in [0, 0.05) is 30.1 Å². The van der Waals surface area contributed by atoms with Crippen LogP contribution in [0.25, 0.3) is 0 Å². The standard InChI is InChI=1S/C13H17N5O2S/c1-7-2-9(17-16-7)3-8-4-18(5-11(8)19)12(20)10-6-21-13(14)15-10/h2,6,8,11,19H,3-5H2,1H3,(H2,14,15)(H,16,17)/t8-,11-/m1/s1. The van der Waals surface area contributed by atoms with Crippen LogP contribution in [0.15, 0.2) is 11.4 Å². The lowest BCUT2D eigenvalue weighted by Crippen LogP contribution is -2.29. The predicted octanol–water partition coefficient (Wildman–Crippen LogP) is 0.432. The van der Waals surface area contributed by atoms with E-state index in [0.717, 1.165) is 11.4 Å². The number of rotatable bonds is 3. The number of nitrogens with one attached hydrogen (secondary N) is 1. The number of amides is 1. The number of carbonyl (C=O) groups is 1. The van der Waals surface area contributed by atoms with Crippen LogP contribution in [0, 0.1) is 12.8 Å². The number of nitrogen functional groups attached to an aromatic ring is 1. The minimum Gasteiger partial charge on any atom is -0.391 e. The molecule has 3 heterocycles. The highest BCUT2D eigenvalue weighted by atomic mass is 32.1. The summed E-state index contributed by atoms with van der Waals surface area (Å²) in [7, 11) is 0. The molecule has 7 nitrogen and oxygen atoms in total. The Balaban J connectivity index is 1.66. The molecule has 0 radical (unpaired) electrons. The molecule has 21 heavy (non-hydrogen) atoms. The molecule has 1 aliphatic heterocycles. The van der Waals surface area contributed by atoms with Gasteiger partial charge in [0.1, 0.15) is 5.69 Å². The molecule has 0 saturated carbocycles. The van der Waals surface area contributed by atoms with Crippen LogP contribution in [-0.4, -0.2) is 50.3 Å². The third kappa shape index (κ3) is 2.91. The number of hydrogen-bond acceptors (Lipinski definition) is 6. The first-order chi connectivity index (χ1) is 10.0. The highest BCUT2D eigenvalue weighted by Gasteiger charge is 2.35. The Labute approximate surface area is 125 Å². The number of nitrogens with two attached hydrogens (primary N) is 1. The van der Waals surface area contributed by atoms with Crippen molar-refractivity contribution in [2.24, 2.45) is 5.92 Å². The van der Waals surface area contributed by atoms with Crippen LogP contribution in [0.4, 0.5) is 5.13 Å². The fourth-order valence-corrected chi connectivity index (χ4v) is 3.15. The number of hydrogen-bond donors (Lipinski definition) is 3. The van der Waals surface area contributed by atoms with Gasteiger partial charge < -0.3 is 15.7 Å². The minimum atomic E-state index is -0.540. The lowest BCUT2D eigenvalue weighted by molar-refractivity contribution is 0.0760. The Morgan fingerprint density at radius 2 is 2.43 bits per heavy atom. The normalized spacial score (nSPS) is 21.9. The van der Waals surface area contributed by atoms with Crippen molar-refractivity contribution < 1.29 is 9.90 Å². The number of β-amino-alcohol motifs (C(OH)–C–C–N with tert-alkyl or cyclic N) is 1. The summed E-state index contributed by atoms with van der Waals surface area (Å²) in [6.45, 7) is 2.76. The van der Waals surface area contributed by atoms with Gasteiger partial charge in [-0.25, -0.2) is 4.98 Å². The van der Waals surface area contributed by atoms with Gasteiger partial charge in [-0.1, -0.05) is 0 Å². The van der Waals surface area contributed by atoms with Crippen molar-refractivity contribution in [2.75, 3.05) is 18.8 Å². The second-order valence-corrected chi connectivity index (χ2v) is 6.24. The average Bonchev–Trinajstić information content (AvgIpc) is 3.12. The molecule has 0 aliphatic carbocycles. The summed E-state index contributed by atoms with van der Waals surface area (Å²) in [5.74, 6) is -0.185. The minimum absolute atomic E-state index is 0.00682. The molecule has 2 aromatic rings. The molecule has 1 saturated heterocycles.